The van der Waals surface area contributed by atoms with E-state index in [0.717, 1.165) is 12.8 Å². The van der Waals surface area contributed by atoms with Gasteiger partial charge in [0.15, 0.2) is 0 Å². The zero-order chi connectivity index (χ0) is 14.8. The van der Waals surface area contributed by atoms with E-state index in [0.29, 0.717) is 16.3 Å². The molecule has 0 unspecified atom stereocenters. The van der Waals surface area contributed by atoms with Gasteiger partial charge < -0.3 is 5.32 Å². The molecule has 0 aromatic heterocycles. The van der Waals surface area contributed by atoms with Crippen LogP contribution in [0, 0.1) is 17.2 Å². The molecule has 104 valence electrons. The summed E-state index contributed by atoms with van der Waals surface area (Å²) in [6.45, 7) is 0. The highest BCUT2D eigenvalue weighted by Crippen LogP contribution is 2.29. The molecular weight excluding hydrogens is 284 g/mol. The molecule has 1 aliphatic carbocycles. The third-order valence-corrected chi connectivity index (χ3v) is 4.09. The molecule has 4 heteroatoms. The largest absolute Gasteiger partial charge is 0.325 e. The Balaban J connectivity index is 1.73. The summed E-state index contributed by atoms with van der Waals surface area (Å²) in [7, 11) is 0. The Kier molecular flexibility index (Phi) is 3.64. The van der Waals surface area contributed by atoms with Crippen LogP contribution in [-0.2, 0) is 17.6 Å². The SMILES string of the molecule is N#Cc1ccc(NC(=O)C2Cc3ccccc3C2)c(Cl)c1. The molecule has 2 aromatic carbocycles. The van der Waals surface area contributed by atoms with E-state index in [2.05, 4.69) is 17.4 Å². The van der Waals surface area contributed by atoms with Gasteiger partial charge in [-0.3, -0.25) is 4.79 Å². The summed E-state index contributed by atoms with van der Waals surface area (Å²) in [5.41, 5.74) is 3.51. The van der Waals surface area contributed by atoms with E-state index in [4.69, 9.17) is 16.9 Å². The summed E-state index contributed by atoms with van der Waals surface area (Å²) in [6, 6.07) is 15.0. The smallest absolute Gasteiger partial charge is 0.228 e. The lowest BCUT2D eigenvalue weighted by Gasteiger charge is -2.11. The maximum Gasteiger partial charge on any atom is 0.228 e. The molecule has 2 aromatic rings. The molecule has 0 saturated carbocycles. The van der Waals surface area contributed by atoms with Crippen LogP contribution in [0.5, 0.6) is 0 Å². The predicted octanol–water partition coefficient (Wildman–Crippen LogP) is 3.57. The van der Waals surface area contributed by atoms with Crippen LogP contribution >= 0.6 is 11.6 Å². The first-order chi connectivity index (χ1) is 10.2. The van der Waals surface area contributed by atoms with Gasteiger partial charge in [0.1, 0.15) is 0 Å². The van der Waals surface area contributed by atoms with Gasteiger partial charge in [-0.15, -0.1) is 0 Å². The second-order valence-electron chi connectivity index (χ2n) is 5.17. The van der Waals surface area contributed by atoms with Crippen molar-refractivity contribution in [1.82, 2.24) is 0 Å². The number of fused-ring (bicyclic) bond motifs is 1. The maximum atomic E-state index is 12.4. The number of nitrogens with one attached hydrogen (secondary N) is 1. The second kappa shape index (κ2) is 5.59. The lowest BCUT2D eigenvalue weighted by molar-refractivity contribution is -0.119. The van der Waals surface area contributed by atoms with Gasteiger partial charge in [-0.05, 0) is 42.2 Å². The van der Waals surface area contributed by atoms with Crippen molar-refractivity contribution in [2.45, 2.75) is 12.8 Å². The Morgan fingerprint density at radius 1 is 1.19 bits per heavy atom. The average Bonchev–Trinajstić information content (AvgIpc) is 2.93. The Morgan fingerprint density at radius 2 is 1.86 bits per heavy atom. The van der Waals surface area contributed by atoms with Crippen LogP contribution in [0.3, 0.4) is 0 Å². The number of carbonyl (C=O) groups is 1. The van der Waals surface area contributed by atoms with Gasteiger partial charge in [-0.2, -0.15) is 5.26 Å². The minimum atomic E-state index is -0.0610. The highest BCUT2D eigenvalue weighted by Gasteiger charge is 2.27. The van der Waals surface area contributed by atoms with Crippen LogP contribution in [0.15, 0.2) is 42.5 Å². The zero-order valence-electron chi connectivity index (χ0n) is 11.3. The fraction of sp³-hybridized carbons (Fsp3) is 0.176. The molecule has 0 fully saturated rings. The molecular formula is C17H13ClN2O. The highest BCUT2D eigenvalue weighted by molar-refractivity contribution is 6.33. The molecule has 0 spiro atoms. The summed E-state index contributed by atoms with van der Waals surface area (Å²) in [4.78, 5) is 12.4. The Hall–Kier alpha value is -2.31. The molecule has 3 nitrogen and oxygen atoms in total. The first-order valence-electron chi connectivity index (χ1n) is 6.74. The van der Waals surface area contributed by atoms with Gasteiger partial charge in [-0.1, -0.05) is 35.9 Å². The van der Waals surface area contributed by atoms with Crippen molar-refractivity contribution in [2.75, 3.05) is 5.32 Å². The normalized spacial score (nSPS) is 13.5. The minimum Gasteiger partial charge on any atom is -0.325 e. The van der Waals surface area contributed by atoms with Crippen LogP contribution in [0.1, 0.15) is 16.7 Å². The third kappa shape index (κ3) is 2.76. The zero-order valence-corrected chi connectivity index (χ0v) is 12.0. The van der Waals surface area contributed by atoms with Crippen LogP contribution < -0.4 is 5.32 Å². The van der Waals surface area contributed by atoms with Gasteiger partial charge in [0.25, 0.3) is 0 Å². The molecule has 0 radical (unpaired) electrons. The van der Waals surface area contributed by atoms with Crippen LogP contribution in [0.4, 0.5) is 5.69 Å². The molecule has 0 bridgehead atoms. The topological polar surface area (TPSA) is 52.9 Å². The van der Waals surface area contributed by atoms with Crippen molar-refractivity contribution in [3.8, 4) is 6.07 Å². The summed E-state index contributed by atoms with van der Waals surface area (Å²) >= 11 is 6.08. The first-order valence-corrected chi connectivity index (χ1v) is 7.12. The Bertz CT molecular complexity index is 724. The lowest BCUT2D eigenvalue weighted by atomic mass is 10.1. The van der Waals surface area contributed by atoms with Crippen molar-refractivity contribution in [3.63, 3.8) is 0 Å². The van der Waals surface area contributed by atoms with E-state index < -0.39 is 0 Å². The van der Waals surface area contributed by atoms with E-state index in [1.54, 1.807) is 18.2 Å². The van der Waals surface area contributed by atoms with Gasteiger partial charge in [0.05, 0.1) is 22.3 Å². The molecule has 0 aliphatic heterocycles. The summed E-state index contributed by atoms with van der Waals surface area (Å²) in [6.07, 6.45) is 1.52. The van der Waals surface area contributed by atoms with Crippen molar-refractivity contribution >= 4 is 23.2 Å². The van der Waals surface area contributed by atoms with E-state index in [9.17, 15) is 4.79 Å². The molecule has 0 saturated heterocycles. The first kappa shape index (κ1) is 13.7. The van der Waals surface area contributed by atoms with Gasteiger partial charge in [-0.25, -0.2) is 0 Å². The molecule has 3 rings (SSSR count). The van der Waals surface area contributed by atoms with Crippen LogP contribution in [-0.4, -0.2) is 5.91 Å². The van der Waals surface area contributed by atoms with Crippen molar-refractivity contribution < 1.29 is 4.79 Å². The number of amides is 1. The predicted molar refractivity (Wildman–Crippen MR) is 82.1 cm³/mol. The van der Waals surface area contributed by atoms with Crippen molar-refractivity contribution in [1.29, 1.82) is 5.26 Å². The second-order valence-corrected chi connectivity index (χ2v) is 5.58. The number of hydrogen-bond donors (Lipinski definition) is 1. The van der Waals surface area contributed by atoms with Crippen LogP contribution in [0.2, 0.25) is 5.02 Å². The van der Waals surface area contributed by atoms with Gasteiger partial charge in [0, 0.05) is 5.92 Å². The number of halogens is 1. The van der Waals surface area contributed by atoms with Gasteiger partial charge in [0.2, 0.25) is 5.91 Å². The number of benzene rings is 2. The lowest BCUT2D eigenvalue weighted by Crippen LogP contribution is -2.23. The Labute approximate surface area is 128 Å². The monoisotopic (exact) mass is 296 g/mol. The minimum absolute atomic E-state index is 0.0298. The number of rotatable bonds is 2. The standard InChI is InChI=1S/C17H13ClN2O/c18-15-7-11(10-19)5-6-16(15)20-17(21)14-8-12-3-1-2-4-13(12)9-14/h1-7,14H,8-9H2,(H,20,21). The fourth-order valence-electron chi connectivity index (χ4n) is 2.67. The number of hydrogen-bond acceptors (Lipinski definition) is 2. The molecule has 1 N–H and O–H groups in total. The molecule has 1 aliphatic rings. The number of nitrogens with zero attached hydrogens (tertiary/aromatic N) is 1. The summed E-state index contributed by atoms with van der Waals surface area (Å²) in [5, 5.41) is 12.1. The summed E-state index contributed by atoms with van der Waals surface area (Å²) in [5.74, 6) is -0.0908. The van der Waals surface area contributed by atoms with Gasteiger partial charge >= 0.3 is 0 Å². The fourth-order valence-corrected chi connectivity index (χ4v) is 2.89. The molecule has 0 atom stereocenters. The Morgan fingerprint density at radius 3 is 2.43 bits per heavy atom. The third-order valence-electron chi connectivity index (χ3n) is 3.78. The van der Waals surface area contributed by atoms with Crippen LogP contribution in [0.25, 0.3) is 0 Å². The average molecular weight is 297 g/mol. The van der Waals surface area contributed by atoms with E-state index in [1.165, 1.54) is 11.1 Å². The van der Waals surface area contributed by atoms with E-state index in [1.807, 2.05) is 18.2 Å². The quantitative estimate of drug-likeness (QED) is 0.921. The number of anilines is 1. The van der Waals surface area contributed by atoms with Crippen molar-refractivity contribution in [3.05, 3.63) is 64.2 Å². The maximum absolute atomic E-state index is 12.4. The number of nitriles is 1. The highest BCUT2D eigenvalue weighted by atomic mass is 35.5. The molecule has 21 heavy (non-hydrogen) atoms. The number of carbonyl (C=O) groups excluding carboxylic acids is 1. The molecule has 1 amide bonds. The molecule has 0 heterocycles. The van der Waals surface area contributed by atoms with E-state index >= 15 is 0 Å². The summed E-state index contributed by atoms with van der Waals surface area (Å²) < 4.78 is 0. The van der Waals surface area contributed by atoms with E-state index in [-0.39, 0.29) is 11.8 Å². The van der Waals surface area contributed by atoms with Crippen molar-refractivity contribution in [2.24, 2.45) is 5.92 Å².